The van der Waals surface area contributed by atoms with Gasteiger partial charge >= 0.3 is 5.97 Å². The summed E-state index contributed by atoms with van der Waals surface area (Å²) in [7, 11) is 0. The van der Waals surface area contributed by atoms with E-state index in [0.29, 0.717) is 15.0 Å². The Morgan fingerprint density at radius 2 is 2.17 bits per heavy atom. The molecule has 2 aromatic rings. The van der Waals surface area contributed by atoms with Crippen molar-refractivity contribution in [1.29, 1.82) is 0 Å². The number of aromatic carboxylic acids is 1. The zero-order valence-corrected chi connectivity index (χ0v) is 12.8. The highest BCUT2D eigenvalue weighted by Crippen LogP contribution is 2.33. The predicted molar refractivity (Wildman–Crippen MR) is 75.0 cm³/mol. The van der Waals surface area contributed by atoms with Crippen LogP contribution in [0.5, 0.6) is 0 Å². The second-order valence-corrected chi connectivity index (χ2v) is 6.14. The number of carboxylic acid groups (broad SMARTS) is 1. The molecule has 1 atom stereocenters. The molecule has 4 nitrogen and oxygen atoms in total. The van der Waals surface area contributed by atoms with Gasteiger partial charge in [0.05, 0.1) is 16.1 Å². The second-order valence-electron chi connectivity index (χ2n) is 3.43. The number of carbonyl (C=O) groups is 1. The molecule has 1 unspecified atom stereocenters. The molecule has 0 amide bonds. The predicted octanol–water partition coefficient (Wildman–Crippen LogP) is 3.45. The smallest absolute Gasteiger partial charge is 0.336 e. The number of aliphatic hydroxyl groups excluding tert-OH is 1. The van der Waals surface area contributed by atoms with E-state index in [2.05, 4.69) is 36.8 Å². The minimum atomic E-state index is -1.06. The number of aromatic nitrogens is 1. The molecule has 0 radical (unpaired) electrons. The van der Waals surface area contributed by atoms with E-state index >= 15 is 0 Å². The van der Waals surface area contributed by atoms with Gasteiger partial charge in [-0.2, -0.15) is 0 Å². The lowest BCUT2D eigenvalue weighted by molar-refractivity contribution is 0.0692. The Bertz CT molecular complexity index is 600. The van der Waals surface area contributed by atoms with Crippen LogP contribution in [0.25, 0.3) is 0 Å². The SMILES string of the molecule is O=C(O)c1ccsc1C(O)c1ncc(Br)cc1Br. The van der Waals surface area contributed by atoms with Crippen LogP contribution in [0.1, 0.15) is 27.0 Å². The number of rotatable bonds is 3. The minimum Gasteiger partial charge on any atom is -0.478 e. The Kier molecular flexibility index (Phi) is 4.16. The zero-order valence-electron chi connectivity index (χ0n) is 8.80. The van der Waals surface area contributed by atoms with Crippen molar-refractivity contribution in [3.63, 3.8) is 0 Å². The Labute approximate surface area is 124 Å². The highest BCUT2D eigenvalue weighted by molar-refractivity contribution is 9.11. The fourth-order valence-corrected chi connectivity index (χ4v) is 3.54. The molecule has 0 aliphatic rings. The van der Waals surface area contributed by atoms with E-state index in [1.807, 2.05) is 0 Å². The maximum atomic E-state index is 11.0. The van der Waals surface area contributed by atoms with E-state index in [1.165, 1.54) is 17.4 Å². The number of halogens is 2. The van der Waals surface area contributed by atoms with Crippen LogP contribution in [0.15, 0.2) is 32.7 Å². The first-order chi connectivity index (χ1) is 8.50. The Hall–Kier alpha value is -0.760. The van der Waals surface area contributed by atoms with Crippen LogP contribution in [0.3, 0.4) is 0 Å². The molecule has 2 rings (SSSR count). The first kappa shape index (κ1) is 13.7. The lowest BCUT2D eigenvalue weighted by atomic mass is 10.1. The van der Waals surface area contributed by atoms with Crippen LogP contribution in [0, 0.1) is 0 Å². The average molecular weight is 393 g/mol. The van der Waals surface area contributed by atoms with Crippen molar-refractivity contribution >= 4 is 49.2 Å². The van der Waals surface area contributed by atoms with Crippen molar-refractivity contribution in [2.45, 2.75) is 6.10 Å². The molecule has 0 saturated carbocycles. The molecule has 0 aliphatic heterocycles. The fraction of sp³-hybridized carbons (Fsp3) is 0.0909. The summed E-state index contributed by atoms with van der Waals surface area (Å²) >= 11 is 7.76. The number of carboxylic acids is 1. The third-order valence-electron chi connectivity index (χ3n) is 2.27. The molecular formula is C11H7Br2NO3S. The summed E-state index contributed by atoms with van der Waals surface area (Å²) in [6.07, 6.45) is 0.496. The Morgan fingerprint density at radius 3 is 2.78 bits per heavy atom. The van der Waals surface area contributed by atoms with Gasteiger partial charge < -0.3 is 10.2 Å². The lowest BCUT2D eigenvalue weighted by Gasteiger charge is -2.11. The van der Waals surface area contributed by atoms with Crippen molar-refractivity contribution in [2.24, 2.45) is 0 Å². The number of nitrogens with zero attached hydrogens (tertiary/aromatic N) is 1. The van der Waals surface area contributed by atoms with Gasteiger partial charge in [0.2, 0.25) is 0 Å². The van der Waals surface area contributed by atoms with Crippen molar-refractivity contribution in [2.75, 3.05) is 0 Å². The minimum absolute atomic E-state index is 0.101. The maximum absolute atomic E-state index is 11.0. The highest BCUT2D eigenvalue weighted by atomic mass is 79.9. The van der Waals surface area contributed by atoms with E-state index in [-0.39, 0.29) is 5.56 Å². The fourth-order valence-electron chi connectivity index (χ4n) is 1.46. The summed E-state index contributed by atoms with van der Waals surface area (Å²) in [6, 6.07) is 3.22. The molecule has 0 bridgehead atoms. The molecule has 94 valence electrons. The van der Waals surface area contributed by atoms with Crippen LogP contribution in [0.4, 0.5) is 0 Å². The van der Waals surface area contributed by atoms with Gasteiger partial charge in [-0.3, -0.25) is 4.98 Å². The van der Waals surface area contributed by atoms with Crippen LogP contribution < -0.4 is 0 Å². The zero-order chi connectivity index (χ0) is 13.3. The molecule has 0 spiro atoms. The van der Waals surface area contributed by atoms with Gasteiger partial charge in [0.1, 0.15) is 6.10 Å². The summed E-state index contributed by atoms with van der Waals surface area (Å²) in [5.74, 6) is -1.06. The number of aliphatic hydroxyl groups is 1. The van der Waals surface area contributed by atoms with E-state index in [4.69, 9.17) is 5.11 Å². The third kappa shape index (κ3) is 2.64. The molecule has 2 N–H and O–H groups in total. The first-order valence-corrected chi connectivity index (χ1v) is 7.27. The van der Waals surface area contributed by atoms with E-state index in [0.717, 1.165) is 4.47 Å². The maximum Gasteiger partial charge on any atom is 0.336 e. The van der Waals surface area contributed by atoms with Gasteiger partial charge in [0, 0.05) is 15.1 Å². The lowest BCUT2D eigenvalue weighted by Crippen LogP contribution is -2.07. The van der Waals surface area contributed by atoms with Crippen LogP contribution in [-0.4, -0.2) is 21.2 Å². The molecule has 2 aromatic heterocycles. The molecule has 2 heterocycles. The van der Waals surface area contributed by atoms with Crippen molar-refractivity contribution < 1.29 is 15.0 Å². The number of pyridine rings is 1. The van der Waals surface area contributed by atoms with Gasteiger partial charge in [0.25, 0.3) is 0 Å². The number of hydrogen-bond donors (Lipinski definition) is 2. The Morgan fingerprint density at radius 1 is 1.44 bits per heavy atom. The van der Waals surface area contributed by atoms with Crippen molar-refractivity contribution in [1.82, 2.24) is 4.98 Å². The van der Waals surface area contributed by atoms with E-state index in [9.17, 15) is 9.90 Å². The summed E-state index contributed by atoms with van der Waals surface area (Å²) in [6.45, 7) is 0. The monoisotopic (exact) mass is 391 g/mol. The van der Waals surface area contributed by atoms with Gasteiger partial charge in [-0.05, 0) is 49.4 Å². The average Bonchev–Trinajstić information content (AvgIpc) is 2.77. The number of thiophene rings is 1. The van der Waals surface area contributed by atoms with E-state index in [1.54, 1.807) is 17.6 Å². The second kappa shape index (κ2) is 5.48. The van der Waals surface area contributed by atoms with E-state index < -0.39 is 12.1 Å². The molecule has 0 saturated heterocycles. The molecule has 7 heteroatoms. The standard InChI is InChI=1S/C11H7Br2NO3S/c12-5-3-7(13)8(14-4-5)9(15)10-6(11(16)17)1-2-18-10/h1-4,9,15H,(H,16,17). The van der Waals surface area contributed by atoms with Gasteiger partial charge in [-0.1, -0.05) is 0 Å². The van der Waals surface area contributed by atoms with Crippen molar-refractivity contribution in [3.05, 3.63) is 48.8 Å². The van der Waals surface area contributed by atoms with Crippen LogP contribution >= 0.6 is 43.2 Å². The summed E-state index contributed by atoms with van der Waals surface area (Å²) in [4.78, 5) is 15.5. The molecule has 0 fully saturated rings. The third-order valence-corrected chi connectivity index (χ3v) is 4.31. The molecule has 0 aromatic carbocycles. The topological polar surface area (TPSA) is 70.4 Å². The largest absolute Gasteiger partial charge is 0.478 e. The summed E-state index contributed by atoms with van der Waals surface area (Å²) in [5.41, 5.74) is 0.493. The van der Waals surface area contributed by atoms with Gasteiger partial charge in [-0.15, -0.1) is 11.3 Å². The highest BCUT2D eigenvalue weighted by Gasteiger charge is 2.22. The Balaban J connectivity index is 2.44. The molecular weight excluding hydrogens is 386 g/mol. The quantitative estimate of drug-likeness (QED) is 0.839. The normalized spacial score (nSPS) is 12.4. The van der Waals surface area contributed by atoms with Crippen LogP contribution in [-0.2, 0) is 0 Å². The molecule has 0 aliphatic carbocycles. The van der Waals surface area contributed by atoms with Gasteiger partial charge in [-0.25, -0.2) is 4.79 Å². The number of hydrogen-bond acceptors (Lipinski definition) is 4. The van der Waals surface area contributed by atoms with Crippen LogP contribution in [0.2, 0.25) is 0 Å². The summed E-state index contributed by atoms with van der Waals surface area (Å²) in [5, 5.41) is 20.9. The van der Waals surface area contributed by atoms with Gasteiger partial charge in [0.15, 0.2) is 0 Å². The first-order valence-electron chi connectivity index (χ1n) is 4.80. The summed E-state index contributed by atoms with van der Waals surface area (Å²) < 4.78 is 1.39. The van der Waals surface area contributed by atoms with Crippen molar-refractivity contribution in [3.8, 4) is 0 Å². The molecule has 18 heavy (non-hydrogen) atoms.